The van der Waals surface area contributed by atoms with Gasteiger partial charge in [-0.15, -0.1) is 0 Å². The average molecular weight is 638 g/mol. The fourth-order valence-electron chi connectivity index (χ4n) is 5.06. The van der Waals surface area contributed by atoms with Gasteiger partial charge in [0, 0.05) is 0 Å². The minimum atomic E-state index is -0.729. The highest BCUT2D eigenvalue weighted by molar-refractivity contribution is 5.86. The van der Waals surface area contributed by atoms with Crippen LogP contribution in [0.3, 0.4) is 0 Å². The van der Waals surface area contributed by atoms with Gasteiger partial charge in [-0.1, -0.05) is 57.1 Å². The molecule has 1 aliphatic rings. The topological polar surface area (TPSA) is 86.0 Å². The molecule has 0 radical (unpaired) electrons. The number of rotatable bonds is 19. The van der Waals surface area contributed by atoms with Gasteiger partial charge in [0.25, 0.3) is 0 Å². The van der Waals surface area contributed by atoms with E-state index in [9.17, 15) is 4.79 Å². The van der Waals surface area contributed by atoms with Crippen molar-refractivity contribution >= 4 is 17.7 Å². The average Bonchev–Trinajstić information content (AvgIpc) is 3.07. The maximum Gasteiger partial charge on any atom is 0.316 e. The van der Waals surface area contributed by atoms with Gasteiger partial charge in [-0.3, -0.25) is 4.79 Å². The largest absolute Gasteiger partial charge is 0.493 e. The molecule has 3 rings (SSSR count). The summed E-state index contributed by atoms with van der Waals surface area (Å²) in [5.74, 6) is 1.63. The van der Waals surface area contributed by atoms with E-state index in [1.54, 1.807) is 33.5 Å². The Morgan fingerprint density at radius 3 is 1.89 bits per heavy atom. The number of nitrogens with zero attached hydrogens (tertiary/aromatic N) is 1. The van der Waals surface area contributed by atoms with Crippen molar-refractivity contribution in [3.63, 3.8) is 0 Å². The lowest BCUT2D eigenvalue weighted by atomic mass is 9.92. The van der Waals surface area contributed by atoms with Crippen LogP contribution in [-0.4, -0.2) is 59.5 Å². The Labute approximate surface area is 274 Å². The van der Waals surface area contributed by atoms with Crippen molar-refractivity contribution < 1.29 is 38.0 Å². The molecular formula is C37H51NO8. The zero-order valence-corrected chi connectivity index (χ0v) is 28.4. The number of esters is 1. The summed E-state index contributed by atoms with van der Waals surface area (Å²) in [4.78, 5) is 16.2. The van der Waals surface area contributed by atoms with Crippen LogP contribution >= 0.6 is 0 Å². The molecule has 252 valence electrons. The molecule has 0 spiro atoms. The highest BCUT2D eigenvalue weighted by atomic mass is 16.7. The van der Waals surface area contributed by atoms with Gasteiger partial charge in [-0.05, 0) is 75.1 Å². The second kappa shape index (κ2) is 18.4. The summed E-state index contributed by atoms with van der Waals surface area (Å²) in [7, 11) is 4.78. The van der Waals surface area contributed by atoms with E-state index in [0.29, 0.717) is 55.1 Å². The molecule has 2 aromatic carbocycles. The monoisotopic (exact) mass is 637 g/mol. The number of unbranched alkanes of at least 4 members (excludes halogenated alkanes) is 8. The molecular weight excluding hydrogens is 586 g/mol. The van der Waals surface area contributed by atoms with Crippen LogP contribution in [0.5, 0.6) is 23.0 Å². The van der Waals surface area contributed by atoms with Gasteiger partial charge >= 0.3 is 5.97 Å². The predicted molar refractivity (Wildman–Crippen MR) is 179 cm³/mol. The smallest absolute Gasteiger partial charge is 0.316 e. The number of carbonyl (C=O) groups is 1. The molecule has 1 saturated heterocycles. The minimum Gasteiger partial charge on any atom is -0.493 e. The SMILES string of the molecule is [C-]#[N+]C(=Cc1ccc(OCCCCCCCCCCCOC(=O)C2(C)COC(C)(C)OC2)c(OC)c1)c1ccc(OC)c(OC)c1. The quantitative estimate of drug-likeness (QED) is 0.0658. The molecule has 9 nitrogen and oxygen atoms in total. The molecule has 0 N–H and O–H groups in total. The molecule has 46 heavy (non-hydrogen) atoms. The van der Waals surface area contributed by atoms with Crippen LogP contribution in [0, 0.1) is 12.0 Å². The van der Waals surface area contributed by atoms with Gasteiger partial charge in [0.15, 0.2) is 34.5 Å². The third-order valence-electron chi connectivity index (χ3n) is 8.04. The molecule has 1 fully saturated rings. The molecule has 0 unspecified atom stereocenters. The van der Waals surface area contributed by atoms with Gasteiger partial charge in [0.2, 0.25) is 0 Å². The van der Waals surface area contributed by atoms with E-state index in [1.807, 2.05) is 51.1 Å². The fraction of sp³-hybridized carbons (Fsp3) is 0.568. The molecule has 1 heterocycles. The third-order valence-corrected chi connectivity index (χ3v) is 8.04. The summed E-state index contributed by atoms with van der Waals surface area (Å²) >= 11 is 0. The number of benzene rings is 2. The number of carbonyl (C=O) groups excluding carboxylic acids is 1. The molecule has 0 atom stereocenters. The van der Waals surface area contributed by atoms with Crippen molar-refractivity contribution in [3.05, 3.63) is 58.9 Å². The van der Waals surface area contributed by atoms with Crippen LogP contribution in [0.2, 0.25) is 0 Å². The molecule has 0 saturated carbocycles. The van der Waals surface area contributed by atoms with E-state index < -0.39 is 11.2 Å². The van der Waals surface area contributed by atoms with Crippen molar-refractivity contribution in [3.8, 4) is 23.0 Å². The Hall–Kier alpha value is -3.74. The lowest BCUT2D eigenvalue weighted by molar-refractivity contribution is -0.281. The lowest BCUT2D eigenvalue weighted by Crippen LogP contribution is -2.49. The van der Waals surface area contributed by atoms with Crippen LogP contribution in [0.15, 0.2) is 36.4 Å². The molecule has 2 aromatic rings. The first-order valence-corrected chi connectivity index (χ1v) is 16.2. The maximum absolute atomic E-state index is 12.4. The summed E-state index contributed by atoms with van der Waals surface area (Å²) in [5.41, 5.74) is 1.34. The molecule has 9 heteroatoms. The number of hydrogen-bond acceptors (Lipinski definition) is 8. The molecule has 0 aliphatic carbocycles. The van der Waals surface area contributed by atoms with Crippen molar-refractivity contribution in [2.45, 2.75) is 84.3 Å². The van der Waals surface area contributed by atoms with Gasteiger partial charge in [0.1, 0.15) is 5.41 Å². The second-order valence-corrected chi connectivity index (χ2v) is 12.3. The number of ether oxygens (including phenoxy) is 7. The van der Waals surface area contributed by atoms with Gasteiger partial charge in [0.05, 0.1) is 54.3 Å². The van der Waals surface area contributed by atoms with Crippen molar-refractivity contribution in [1.82, 2.24) is 0 Å². The summed E-state index contributed by atoms with van der Waals surface area (Å²) in [5, 5.41) is 0. The zero-order valence-electron chi connectivity index (χ0n) is 28.4. The standard InChI is InChI=1S/C37H51NO8/c1-36(2)45-26-37(3,27-46-36)35(39)44-22-16-14-12-10-8-9-11-13-15-21-43-32-19-17-28(24-33(32)41-6)23-30(38-4)29-18-20-31(40-5)34(25-29)42-7/h17-20,23-25H,8-16,21-22,26-27H2,1-3,5-7H3. The minimum absolute atomic E-state index is 0.239. The summed E-state index contributed by atoms with van der Waals surface area (Å²) < 4.78 is 39.1. The molecule has 0 bridgehead atoms. The summed E-state index contributed by atoms with van der Waals surface area (Å²) in [6.45, 7) is 14.9. The van der Waals surface area contributed by atoms with Crippen LogP contribution in [0.25, 0.3) is 16.6 Å². The Morgan fingerprint density at radius 2 is 1.30 bits per heavy atom. The predicted octanol–water partition coefficient (Wildman–Crippen LogP) is 8.35. The first-order valence-electron chi connectivity index (χ1n) is 16.2. The molecule has 1 aliphatic heterocycles. The van der Waals surface area contributed by atoms with Gasteiger partial charge < -0.3 is 33.2 Å². The highest BCUT2D eigenvalue weighted by Gasteiger charge is 2.43. The van der Waals surface area contributed by atoms with Crippen LogP contribution in [-0.2, 0) is 19.0 Å². The Balaban J connectivity index is 1.28. The van der Waals surface area contributed by atoms with E-state index in [-0.39, 0.29) is 5.97 Å². The van der Waals surface area contributed by atoms with Crippen LogP contribution in [0.4, 0.5) is 0 Å². The van der Waals surface area contributed by atoms with Crippen molar-refractivity contribution in [2.75, 3.05) is 47.8 Å². The van der Waals surface area contributed by atoms with E-state index in [0.717, 1.165) is 43.2 Å². The summed E-state index contributed by atoms with van der Waals surface area (Å²) in [6.07, 6.45) is 11.8. The molecule has 0 amide bonds. The Kier molecular flexibility index (Phi) is 14.7. The van der Waals surface area contributed by atoms with Crippen molar-refractivity contribution in [2.24, 2.45) is 5.41 Å². The van der Waals surface area contributed by atoms with Crippen molar-refractivity contribution in [1.29, 1.82) is 0 Å². The van der Waals surface area contributed by atoms with Gasteiger partial charge in [-0.2, -0.15) is 0 Å². The first-order chi connectivity index (χ1) is 22.1. The zero-order chi connectivity index (χ0) is 33.4. The van der Waals surface area contributed by atoms with Gasteiger partial charge in [-0.25, -0.2) is 4.85 Å². The Morgan fingerprint density at radius 1 is 0.761 bits per heavy atom. The van der Waals surface area contributed by atoms with E-state index in [2.05, 4.69) is 4.85 Å². The Bertz CT molecular complexity index is 1320. The maximum atomic E-state index is 12.4. The second-order valence-electron chi connectivity index (χ2n) is 12.3. The van der Waals surface area contributed by atoms with E-state index >= 15 is 0 Å². The first kappa shape index (κ1) is 36.7. The summed E-state index contributed by atoms with van der Waals surface area (Å²) in [6, 6.07) is 11.1. The number of hydrogen-bond donors (Lipinski definition) is 0. The number of methoxy groups -OCH3 is 3. The third kappa shape index (κ3) is 11.3. The van der Waals surface area contributed by atoms with E-state index in [1.165, 1.54) is 25.7 Å². The van der Waals surface area contributed by atoms with E-state index in [4.69, 9.17) is 39.7 Å². The highest BCUT2D eigenvalue weighted by Crippen LogP contribution is 2.34. The van der Waals surface area contributed by atoms with Crippen LogP contribution < -0.4 is 18.9 Å². The van der Waals surface area contributed by atoms with Crippen LogP contribution in [0.1, 0.15) is 89.7 Å². The molecule has 0 aromatic heterocycles. The lowest BCUT2D eigenvalue weighted by Gasteiger charge is -2.39. The fourth-order valence-corrected chi connectivity index (χ4v) is 5.06. The normalized spacial score (nSPS) is 15.5.